The maximum atomic E-state index is 10.5. The van der Waals surface area contributed by atoms with Gasteiger partial charge in [0.1, 0.15) is 0 Å². The molecule has 0 aromatic heterocycles. The molecule has 2 heteroatoms. The molecule has 1 aliphatic rings. The van der Waals surface area contributed by atoms with Gasteiger partial charge in [-0.3, -0.25) is 0 Å². The first-order chi connectivity index (χ1) is 5.61. The van der Waals surface area contributed by atoms with Crippen LogP contribution in [-0.4, -0.2) is 11.1 Å². The minimum atomic E-state index is -0.826. The topological polar surface area (TPSA) is 37.3 Å². The van der Waals surface area contributed by atoms with Gasteiger partial charge in [0.25, 0.3) is 0 Å². The molecule has 1 aliphatic carbocycles. The van der Waals surface area contributed by atoms with Crippen molar-refractivity contribution in [3.63, 3.8) is 0 Å². The van der Waals surface area contributed by atoms with Crippen LogP contribution in [0.25, 0.3) is 0 Å². The van der Waals surface area contributed by atoms with Gasteiger partial charge in [0.2, 0.25) is 0 Å². The molecule has 0 amide bonds. The maximum Gasteiger partial charge on any atom is 0.335 e. The first-order valence-corrected chi connectivity index (χ1v) is 4.23. The Bertz CT molecular complexity index is 236. The van der Waals surface area contributed by atoms with Gasteiger partial charge in [-0.1, -0.05) is 32.1 Å². The highest BCUT2D eigenvalue weighted by atomic mass is 16.4. The Labute approximate surface area is 72.6 Å². The fraction of sp³-hybridized carbons (Fsp3) is 0.500. The smallest absolute Gasteiger partial charge is 0.335 e. The van der Waals surface area contributed by atoms with Crippen molar-refractivity contribution in [2.24, 2.45) is 11.8 Å². The van der Waals surface area contributed by atoms with E-state index < -0.39 is 5.97 Å². The molecule has 1 rings (SSSR count). The molecule has 12 heavy (non-hydrogen) atoms. The van der Waals surface area contributed by atoms with Crippen LogP contribution in [-0.2, 0) is 4.79 Å². The minimum Gasteiger partial charge on any atom is -0.478 e. The van der Waals surface area contributed by atoms with Crippen molar-refractivity contribution in [2.75, 3.05) is 0 Å². The van der Waals surface area contributed by atoms with E-state index in [1.807, 2.05) is 6.08 Å². The number of hydrogen-bond donors (Lipinski definition) is 1. The second kappa shape index (κ2) is 3.57. The van der Waals surface area contributed by atoms with Crippen LogP contribution >= 0.6 is 0 Å². The Morgan fingerprint density at radius 2 is 2.33 bits per heavy atom. The van der Waals surface area contributed by atoms with Crippen molar-refractivity contribution in [1.82, 2.24) is 0 Å². The van der Waals surface area contributed by atoms with Crippen LogP contribution in [0.3, 0.4) is 0 Å². The summed E-state index contributed by atoms with van der Waals surface area (Å²) >= 11 is 0. The standard InChI is InChI=1S/C10H14O2/c1-7(2)8-3-5-9(6-4-8)10(11)12/h3,5-8H,4H2,1-2H3,(H,11,12)/t8-/m1/s1. The zero-order chi connectivity index (χ0) is 9.14. The Hall–Kier alpha value is -1.05. The zero-order valence-corrected chi connectivity index (χ0v) is 7.45. The molecule has 0 saturated heterocycles. The number of rotatable bonds is 2. The van der Waals surface area contributed by atoms with E-state index in [1.165, 1.54) is 0 Å². The lowest BCUT2D eigenvalue weighted by Gasteiger charge is -2.17. The van der Waals surface area contributed by atoms with Gasteiger partial charge in [-0.2, -0.15) is 0 Å². The van der Waals surface area contributed by atoms with E-state index in [2.05, 4.69) is 13.8 Å². The van der Waals surface area contributed by atoms with Gasteiger partial charge >= 0.3 is 5.97 Å². The fourth-order valence-corrected chi connectivity index (χ4v) is 1.29. The zero-order valence-electron chi connectivity index (χ0n) is 7.45. The van der Waals surface area contributed by atoms with Crippen LogP contribution in [0, 0.1) is 11.8 Å². The average Bonchev–Trinajstić information content (AvgIpc) is 2.04. The highest BCUT2D eigenvalue weighted by molar-refractivity contribution is 5.90. The number of aliphatic carboxylic acids is 1. The number of carbonyl (C=O) groups is 1. The van der Waals surface area contributed by atoms with Crippen molar-refractivity contribution in [3.05, 3.63) is 23.8 Å². The van der Waals surface area contributed by atoms with Gasteiger partial charge in [-0.15, -0.1) is 0 Å². The average molecular weight is 166 g/mol. The lowest BCUT2D eigenvalue weighted by Crippen LogP contribution is -2.10. The van der Waals surface area contributed by atoms with E-state index in [-0.39, 0.29) is 0 Å². The molecule has 0 fully saturated rings. The van der Waals surface area contributed by atoms with E-state index >= 15 is 0 Å². The van der Waals surface area contributed by atoms with Gasteiger partial charge < -0.3 is 5.11 Å². The molecule has 0 spiro atoms. The van der Waals surface area contributed by atoms with Crippen molar-refractivity contribution in [1.29, 1.82) is 0 Å². The van der Waals surface area contributed by atoms with Gasteiger partial charge in [0.15, 0.2) is 0 Å². The Balaban J connectivity index is 2.61. The molecule has 0 heterocycles. The normalized spacial score (nSPS) is 22.6. The molecule has 0 radical (unpaired) electrons. The molecule has 0 aliphatic heterocycles. The summed E-state index contributed by atoms with van der Waals surface area (Å²) in [6.07, 6.45) is 6.35. The minimum absolute atomic E-state index is 0.423. The molecular formula is C10H14O2. The maximum absolute atomic E-state index is 10.5. The first-order valence-electron chi connectivity index (χ1n) is 4.23. The monoisotopic (exact) mass is 166 g/mol. The van der Waals surface area contributed by atoms with E-state index in [1.54, 1.807) is 12.2 Å². The van der Waals surface area contributed by atoms with Gasteiger partial charge in [-0.25, -0.2) is 4.79 Å². The van der Waals surface area contributed by atoms with E-state index in [0.717, 1.165) is 6.42 Å². The summed E-state index contributed by atoms with van der Waals surface area (Å²) in [7, 11) is 0. The number of carboxylic acid groups (broad SMARTS) is 1. The second-order valence-corrected chi connectivity index (χ2v) is 3.47. The Kier molecular flexibility index (Phi) is 2.69. The van der Waals surface area contributed by atoms with Crippen LogP contribution in [0.15, 0.2) is 23.8 Å². The molecule has 0 aromatic carbocycles. The molecule has 1 N–H and O–H groups in total. The van der Waals surface area contributed by atoms with Crippen LogP contribution in [0.2, 0.25) is 0 Å². The van der Waals surface area contributed by atoms with Crippen molar-refractivity contribution < 1.29 is 9.90 Å². The van der Waals surface area contributed by atoms with Crippen molar-refractivity contribution in [2.45, 2.75) is 20.3 Å². The molecule has 1 atom stereocenters. The Morgan fingerprint density at radius 3 is 2.67 bits per heavy atom. The summed E-state index contributed by atoms with van der Waals surface area (Å²) in [5, 5.41) is 8.64. The summed E-state index contributed by atoms with van der Waals surface area (Å²) in [6, 6.07) is 0. The van der Waals surface area contributed by atoms with E-state index in [0.29, 0.717) is 17.4 Å². The molecule has 0 bridgehead atoms. The van der Waals surface area contributed by atoms with Crippen LogP contribution in [0.5, 0.6) is 0 Å². The van der Waals surface area contributed by atoms with Crippen LogP contribution < -0.4 is 0 Å². The molecule has 66 valence electrons. The lowest BCUT2D eigenvalue weighted by atomic mass is 9.88. The third kappa shape index (κ3) is 1.97. The predicted octanol–water partition coefficient (Wildman–Crippen LogP) is 2.23. The SMILES string of the molecule is CC(C)[C@@H]1C=CC(C(=O)O)=CC1. The third-order valence-electron chi connectivity index (χ3n) is 2.24. The molecule has 0 saturated carbocycles. The van der Waals surface area contributed by atoms with Crippen molar-refractivity contribution in [3.8, 4) is 0 Å². The number of hydrogen-bond acceptors (Lipinski definition) is 1. The number of allylic oxidation sites excluding steroid dienone is 2. The molecule has 0 unspecified atom stereocenters. The Morgan fingerprint density at radius 1 is 1.67 bits per heavy atom. The summed E-state index contributed by atoms with van der Waals surface area (Å²) in [4.78, 5) is 10.5. The quantitative estimate of drug-likeness (QED) is 0.683. The highest BCUT2D eigenvalue weighted by Crippen LogP contribution is 2.23. The largest absolute Gasteiger partial charge is 0.478 e. The summed E-state index contributed by atoms with van der Waals surface area (Å²) in [5.41, 5.74) is 0.423. The predicted molar refractivity (Wildman–Crippen MR) is 47.8 cm³/mol. The lowest BCUT2D eigenvalue weighted by molar-refractivity contribution is -0.132. The van der Waals surface area contributed by atoms with Gasteiger partial charge in [0.05, 0.1) is 5.57 Å². The molecule has 2 nitrogen and oxygen atoms in total. The van der Waals surface area contributed by atoms with Crippen molar-refractivity contribution >= 4 is 5.97 Å². The summed E-state index contributed by atoms with van der Waals surface area (Å²) < 4.78 is 0. The van der Waals surface area contributed by atoms with Gasteiger partial charge in [-0.05, 0) is 18.3 Å². The van der Waals surface area contributed by atoms with Gasteiger partial charge in [0, 0.05) is 0 Å². The van der Waals surface area contributed by atoms with Crippen LogP contribution in [0.4, 0.5) is 0 Å². The first kappa shape index (κ1) is 9.04. The van der Waals surface area contributed by atoms with Crippen LogP contribution in [0.1, 0.15) is 20.3 Å². The number of carboxylic acids is 1. The highest BCUT2D eigenvalue weighted by Gasteiger charge is 2.14. The fourth-order valence-electron chi connectivity index (χ4n) is 1.29. The van der Waals surface area contributed by atoms with E-state index in [4.69, 9.17) is 5.11 Å². The summed E-state index contributed by atoms with van der Waals surface area (Å²) in [5.74, 6) is 0.273. The van der Waals surface area contributed by atoms with E-state index in [9.17, 15) is 4.79 Å². The molecular weight excluding hydrogens is 152 g/mol. The summed E-state index contributed by atoms with van der Waals surface area (Å²) in [6.45, 7) is 4.29. The third-order valence-corrected chi connectivity index (χ3v) is 2.24. The second-order valence-electron chi connectivity index (χ2n) is 3.47. The molecule has 0 aromatic rings.